The Morgan fingerprint density at radius 2 is 2.08 bits per heavy atom. The number of carbonyl (C=O) groups excluding carboxylic acids is 2. The molecule has 0 aliphatic heterocycles. The Kier molecular flexibility index (Phi) is 5.61. The number of fused-ring (bicyclic) bond motifs is 1. The van der Waals surface area contributed by atoms with E-state index in [1.165, 1.54) is 31.8 Å². The molecule has 24 heavy (non-hydrogen) atoms. The maximum absolute atomic E-state index is 11.9. The van der Waals surface area contributed by atoms with Gasteiger partial charge in [-0.05, 0) is 63.7 Å². The van der Waals surface area contributed by atoms with Crippen LogP contribution >= 0.6 is 0 Å². The van der Waals surface area contributed by atoms with E-state index in [4.69, 9.17) is 4.74 Å². The summed E-state index contributed by atoms with van der Waals surface area (Å²) in [5.74, 6) is 0.288. The van der Waals surface area contributed by atoms with Crippen molar-refractivity contribution in [3.63, 3.8) is 0 Å². The van der Waals surface area contributed by atoms with Gasteiger partial charge in [-0.25, -0.2) is 0 Å². The zero-order valence-electron chi connectivity index (χ0n) is 16.1. The Morgan fingerprint density at radius 3 is 2.71 bits per heavy atom. The lowest BCUT2D eigenvalue weighted by Gasteiger charge is -2.49. The molecule has 0 saturated heterocycles. The van der Waals surface area contributed by atoms with Gasteiger partial charge in [-0.3, -0.25) is 4.79 Å². The van der Waals surface area contributed by atoms with Gasteiger partial charge in [-0.1, -0.05) is 38.3 Å². The number of aldehydes is 1. The molecule has 2 aliphatic rings. The van der Waals surface area contributed by atoms with Crippen LogP contribution < -0.4 is 0 Å². The Hall–Kier alpha value is -1.12. The highest BCUT2D eigenvalue weighted by Crippen LogP contribution is 2.55. The minimum Gasteiger partial charge on any atom is -0.469 e. The van der Waals surface area contributed by atoms with Crippen molar-refractivity contribution < 1.29 is 14.3 Å². The summed E-state index contributed by atoms with van der Waals surface area (Å²) >= 11 is 0. The van der Waals surface area contributed by atoms with Gasteiger partial charge < -0.3 is 9.53 Å². The first kappa shape index (κ1) is 19.2. The van der Waals surface area contributed by atoms with E-state index in [0.29, 0.717) is 5.92 Å². The van der Waals surface area contributed by atoms with Crippen LogP contribution in [0, 0.1) is 22.2 Å². The molecule has 0 aromatic rings. The van der Waals surface area contributed by atoms with E-state index in [9.17, 15) is 9.59 Å². The van der Waals surface area contributed by atoms with Gasteiger partial charge in [-0.2, -0.15) is 0 Å². The third-order valence-corrected chi connectivity index (χ3v) is 6.67. The van der Waals surface area contributed by atoms with Crippen LogP contribution in [0.1, 0.15) is 79.1 Å². The summed E-state index contributed by atoms with van der Waals surface area (Å²) in [6.07, 6.45) is 12.1. The molecule has 0 spiro atoms. The first-order chi connectivity index (χ1) is 11.2. The molecule has 0 aromatic carbocycles. The van der Waals surface area contributed by atoms with E-state index in [2.05, 4.69) is 19.9 Å². The quantitative estimate of drug-likeness (QED) is 0.386. The number of esters is 1. The number of carbonyl (C=O) groups is 2. The van der Waals surface area contributed by atoms with E-state index in [-0.39, 0.29) is 16.8 Å². The van der Waals surface area contributed by atoms with Crippen LogP contribution in [0.25, 0.3) is 0 Å². The third kappa shape index (κ3) is 3.60. The number of ether oxygens (including phenoxy) is 1. The second-order valence-corrected chi connectivity index (χ2v) is 9.06. The summed E-state index contributed by atoms with van der Waals surface area (Å²) in [5.41, 5.74) is 1.10. The molecule has 136 valence electrons. The van der Waals surface area contributed by atoms with Crippen LogP contribution in [0.15, 0.2) is 11.6 Å². The minimum absolute atomic E-state index is 0.125. The van der Waals surface area contributed by atoms with Crippen molar-refractivity contribution in [3.8, 4) is 0 Å². The van der Waals surface area contributed by atoms with Gasteiger partial charge in [-0.15, -0.1) is 0 Å². The molecule has 2 rings (SSSR count). The average Bonchev–Trinajstić information content (AvgIpc) is 2.55. The summed E-state index contributed by atoms with van der Waals surface area (Å²) in [6, 6.07) is 0. The Balaban J connectivity index is 2.08. The van der Waals surface area contributed by atoms with Gasteiger partial charge in [0.15, 0.2) is 0 Å². The first-order valence-corrected chi connectivity index (χ1v) is 9.44. The summed E-state index contributed by atoms with van der Waals surface area (Å²) in [5, 5.41) is 0. The lowest BCUT2D eigenvalue weighted by Crippen LogP contribution is -2.41. The topological polar surface area (TPSA) is 43.4 Å². The monoisotopic (exact) mass is 334 g/mol. The molecule has 0 radical (unpaired) electrons. The fourth-order valence-corrected chi connectivity index (χ4v) is 4.91. The van der Waals surface area contributed by atoms with E-state index in [1.54, 1.807) is 0 Å². The fraction of sp³-hybridized carbons (Fsp3) is 0.810. The molecule has 0 bridgehead atoms. The van der Waals surface area contributed by atoms with Crippen molar-refractivity contribution in [3.05, 3.63) is 11.6 Å². The maximum atomic E-state index is 11.9. The molecule has 3 nitrogen and oxygen atoms in total. The molecule has 0 amide bonds. The van der Waals surface area contributed by atoms with E-state index in [0.717, 1.165) is 38.5 Å². The normalized spacial score (nSPS) is 33.4. The van der Waals surface area contributed by atoms with Gasteiger partial charge in [0, 0.05) is 5.41 Å². The largest absolute Gasteiger partial charge is 0.469 e. The molecule has 3 heteroatoms. The molecular formula is C21H34O3. The highest BCUT2D eigenvalue weighted by molar-refractivity contribution is 5.75. The second-order valence-electron chi connectivity index (χ2n) is 9.06. The van der Waals surface area contributed by atoms with Crippen LogP contribution in [0.4, 0.5) is 0 Å². The molecule has 1 saturated carbocycles. The Bertz CT molecular complexity index is 519. The van der Waals surface area contributed by atoms with Crippen LogP contribution in [-0.2, 0) is 14.3 Å². The molecule has 0 N–H and O–H groups in total. The molecule has 0 unspecified atom stereocenters. The standard InChI is InChI=1S/C21H34O3/c1-19(2,18(23)24-5)11-8-14-20(3)12-6-10-17-16(20)9-7-13-21(17,4)15-22/h9,15,17H,6-8,10-14H2,1-5H3/t17-,20-,21-/m0/s1. The number of methoxy groups -OCH3 is 1. The Morgan fingerprint density at radius 1 is 1.38 bits per heavy atom. The summed E-state index contributed by atoms with van der Waals surface area (Å²) < 4.78 is 4.92. The predicted molar refractivity (Wildman–Crippen MR) is 96.6 cm³/mol. The SMILES string of the molecule is COC(=O)C(C)(C)CCC[C@]1(C)CCC[C@H]2C1=CCC[C@@]2(C)C=O. The molecule has 2 aliphatic carbocycles. The van der Waals surface area contributed by atoms with Gasteiger partial charge in [0.05, 0.1) is 12.5 Å². The highest BCUT2D eigenvalue weighted by atomic mass is 16.5. The van der Waals surface area contributed by atoms with Gasteiger partial charge in [0.25, 0.3) is 0 Å². The predicted octanol–water partition coefficient (Wildman–Crippen LogP) is 5.09. The average molecular weight is 335 g/mol. The maximum Gasteiger partial charge on any atom is 0.311 e. The van der Waals surface area contributed by atoms with E-state index in [1.807, 2.05) is 13.8 Å². The minimum atomic E-state index is -0.419. The highest BCUT2D eigenvalue weighted by Gasteiger charge is 2.46. The first-order valence-electron chi connectivity index (χ1n) is 9.44. The molecule has 0 aromatic heterocycles. The van der Waals surface area contributed by atoms with Crippen LogP contribution in [0.2, 0.25) is 0 Å². The third-order valence-electron chi connectivity index (χ3n) is 6.67. The van der Waals surface area contributed by atoms with Gasteiger partial charge >= 0.3 is 5.97 Å². The second kappa shape index (κ2) is 7.01. The number of hydrogen-bond donors (Lipinski definition) is 0. The van der Waals surface area contributed by atoms with Gasteiger partial charge in [0.1, 0.15) is 6.29 Å². The molecule has 0 heterocycles. The van der Waals surface area contributed by atoms with Crippen LogP contribution in [0.3, 0.4) is 0 Å². The van der Waals surface area contributed by atoms with Crippen molar-refractivity contribution in [2.24, 2.45) is 22.2 Å². The number of hydrogen-bond acceptors (Lipinski definition) is 3. The fourth-order valence-electron chi connectivity index (χ4n) is 4.91. The van der Waals surface area contributed by atoms with Crippen molar-refractivity contribution >= 4 is 12.3 Å². The zero-order valence-corrected chi connectivity index (χ0v) is 16.1. The lowest BCUT2D eigenvalue weighted by atomic mass is 9.55. The molecular weight excluding hydrogens is 300 g/mol. The molecule has 3 atom stereocenters. The van der Waals surface area contributed by atoms with Crippen molar-refractivity contribution in [1.82, 2.24) is 0 Å². The molecule has 1 fully saturated rings. The van der Waals surface area contributed by atoms with Crippen LogP contribution in [-0.4, -0.2) is 19.4 Å². The van der Waals surface area contributed by atoms with E-state index >= 15 is 0 Å². The smallest absolute Gasteiger partial charge is 0.311 e. The summed E-state index contributed by atoms with van der Waals surface area (Å²) in [6.45, 7) is 8.44. The lowest BCUT2D eigenvalue weighted by molar-refractivity contribution is -0.151. The zero-order chi connectivity index (χ0) is 18.0. The summed E-state index contributed by atoms with van der Waals surface area (Å²) in [7, 11) is 1.46. The van der Waals surface area contributed by atoms with Crippen molar-refractivity contribution in [1.29, 1.82) is 0 Å². The van der Waals surface area contributed by atoms with E-state index < -0.39 is 5.41 Å². The van der Waals surface area contributed by atoms with Crippen molar-refractivity contribution in [2.75, 3.05) is 7.11 Å². The number of allylic oxidation sites excluding steroid dienone is 2. The number of rotatable bonds is 6. The summed E-state index contributed by atoms with van der Waals surface area (Å²) in [4.78, 5) is 23.6. The van der Waals surface area contributed by atoms with Gasteiger partial charge in [0.2, 0.25) is 0 Å². The van der Waals surface area contributed by atoms with Crippen molar-refractivity contribution in [2.45, 2.75) is 79.1 Å². The van der Waals surface area contributed by atoms with Crippen LogP contribution in [0.5, 0.6) is 0 Å². The Labute approximate surface area is 147 Å².